The molecule has 0 aliphatic carbocycles. The molecular weight excluding hydrogens is 264 g/mol. The minimum Gasteiger partial charge on any atom is -0.354 e. The highest BCUT2D eigenvalue weighted by molar-refractivity contribution is 5.85. The van der Waals surface area contributed by atoms with Gasteiger partial charge in [0.15, 0.2) is 0 Å². The number of hydrogen-bond donors (Lipinski definition) is 3. The number of nitrogens with one attached hydrogen (secondary N) is 2. The van der Waals surface area contributed by atoms with Crippen molar-refractivity contribution in [1.29, 1.82) is 0 Å². The lowest BCUT2D eigenvalue weighted by atomic mass is 10.1. The van der Waals surface area contributed by atoms with Crippen molar-refractivity contribution in [2.45, 2.75) is 6.42 Å². The van der Waals surface area contributed by atoms with Gasteiger partial charge in [-0.1, -0.05) is 18.2 Å². The molecule has 20 heavy (non-hydrogen) atoms. The maximum atomic E-state index is 11.4. The summed E-state index contributed by atoms with van der Waals surface area (Å²) in [6.07, 6.45) is 0.341. The Morgan fingerprint density at radius 2 is 1.90 bits per heavy atom. The van der Waals surface area contributed by atoms with Gasteiger partial charge in [0.05, 0.1) is 18.0 Å². The van der Waals surface area contributed by atoms with Gasteiger partial charge in [-0.25, -0.2) is 0 Å². The second kappa shape index (κ2) is 7.85. The molecule has 1 aromatic rings. The van der Waals surface area contributed by atoms with Crippen molar-refractivity contribution < 1.29 is 14.5 Å². The highest BCUT2D eigenvalue weighted by Crippen LogP contribution is 2.17. The first-order valence-electron chi connectivity index (χ1n) is 6.00. The molecule has 0 unspecified atom stereocenters. The number of carbonyl (C=O) groups is 2. The van der Waals surface area contributed by atoms with Gasteiger partial charge in [0.25, 0.3) is 5.69 Å². The minimum absolute atomic E-state index is 0.0261. The van der Waals surface area contributed by atoms with Crippen LogP contribution in [0.25, 0.3) is 0 Å². The number of nitro groups is 1. The molecule has 1 aromatic carbocycles. The standard InChI is InChI=1S/C12H16N4O4/c13-7-11(17)15-8-12(18)14-6-5-9-3-1-2-4-10(9)16(19)20/h1-4H,5-8,13H2,(H,14,18)(H,15,17). The van der Waals surface area contributed by atoms with Gasteiger partial charge in [-0.15, -0.1) is 0 Å². The second-order valence-electron chi connectivity index (χ2n) is 3.97. The molecule has 4 N–H and O–H groups in total. The number of rotatable bonds is 7. The third-order valence-corrected chi connectivity index (χ3v) is 2.54. The van der Waals surface area contributed by atoms with Crippen molar-refractivity contribution in [1.82, 2.24) is 10.6 Å². The number of hydrogen-bond acceptors (Lipinski definition) is 5. The molecule has 0 bridgehead atoms. The first kappa shape index (κ1) is 15.6. The molecule has 0 heterocycles. The van der Waals surface area contributed by atoms with E-state index in [1.807, 2.05) is 0 Å². The molecule has 1 rings (SSSR count). The largest absolute Gasteiger partial charge is 0.354 e. The van der Waals surface area contributed by atoms with Crippen molar-refractivity contribution in [3.05, 3.63) is 39.9 Å². The summed E-state index contributed by atoms with van der Waals surface area (Å²) in [6, 6.07) is 6.34. The summed E-state index contributed by atoms with van der Waals surface area (Å²) in [6.45, 7) is -0.0847. The lowest BCUT2D eigenvalue weighted by Crippen LogP contribution is -2.40. The number of nitrogens with two attached hydrogens (primary N) is 1. The third kappa shape index (κ3) is 5.02. The van der Waals surface area contributed by atoms with Crippen LogP contribution in [0.15, 0.2) is 24.3 Å². The lowest BCUT2D eigenvalue weighted by Gasteiger charge is -2.06. The molecule has 2 amide bonds. The molecule has 0 spiro atoms. The number of para-hydroxylation sites is 1. The first-order valence-corrected chi connectivity index (χ1v) is 6.00. The lowest BCUT2D eigenvalue weighted by molar-refractivity contribution is -0.385. The smallest absolute Gasteiger partial charge is 0.272 e. The van der Waals surface area contributed by atoms with Crippen molar-refractivity contribution in [2.75, 3.05) is 19.6 Å². The molecule has 0 aliphatic rings. The summed E-state index contributed by atoms with van der Waals surface area (Å²) in [7, 11) is 0. The van der Waals surface area contributed by atoms with E-state index in [0.717, 1.165) is 0 Å². The third-order valence-electron chi connectivity index (χ3n) is 2.54. The zero-order valence-electron chi connectivity index (χ0n) is 10.8. The van der Waals surface area contributed by atoms with Gasteiger partial charge in [0.1, 0.15) is 0 Å². The Bertz CT molecular complexity index is 504. The molecule has 8 heteroatoms. The fourth-order valence-corrected chi connectivity index (χ4v) is 1.55. The number of nitro benzene ring substituents is 1. The summed E-state index contributed by atoms with van der Waals surface area (Å²) in [5, 5.41) is 15.7. The normalized spacial score (nSPS) is 9.85. The van der Waals surface area contributed by atoms with E-state index in [1.165, 1.54) is 6.07 Å². The van der Waals surface area contributed by atoms with E-state index in [2.05, 4.69) is 10.6 Å². The van der Waals surface area contributed by atoms with Crippen LogP contribution in [0.5, 0.6) is 0 Å². The van der Waals surface area contributed by atoms with Crippen LogP contribution in [-0.2, 0) is 16.0 Å². The maximum Gasteiger partial charge on any atom is 0.272 e. The summed E-state index contributed by atoms with van der Waals surface area (Å²) in [5.74, 6) is -0.788. The fraction of sp³-hybridized carbons (Fsp3) is 0.333. The highest BCUT2D eigenvalue weighted by Gasteiger charge is 2.12. The van der Waals surface area contributed by atoms with E-state index in [4.69, 9.17) is 5.73 Å². The molecule has 0 saturated carbocycles. The van der Waals surface area contributed by atoms with Gasteiger partial charge < -0.3 is 16.4 Å². The predicted molar refractivity (Wildman–Crippen MR) is 71.9 cm³/mol. The van der Waals surface area contributed by atoms with Crippen LogP contribution in [0.3, 0.4) is 0 Å². The summed E-state index contributed by atoms with van der Waals surface area (Å²) in [5.41, 5.74) is 5.64. The van der Waals surface area contributed by atoms with E-state index in [9.17, 15) is 19.7 Å². The molecule has 0 radical (unpaired) electrons. The molecule has 0 saturated heterocycles. The monoisotopic (exact) mass is 280 g/mol. The second-order valence-corrected chi connectivity index (χ2v) is 3.97. The average Bonchev–Trinajstić information content (AvgIpc) is 2.45. The minimum atomic E-state index is -0.460. The van der Waals surface area contributed by atoms with Crippen LogP contribution in [0, 0.1) is 10.1 Å². The predicted octanol–water partition coefficient (Wildman–Crippen LogP) is -0.672. The summed E-state index contributed by atoms with van der Waals surface area (Å²) in [4.78, 5) is 32.5. The summed E-state index contributed by atoms with van der Waals surface area (Å²) >= 11 is 0. The Kier molecular flexibility index (Phi) is 6.11. The van der Waals surface area contributed by atoms with Crippen molar-refractivity contribution >= 4 is 17.5 Å². The topological polar surface area (TPSA) is 127 Å². The van der Waals surface area contributed by atoms with E-state index >= 15 is 0 Å². The van der Waals surface area contributed by atoms with Crippen molar-refractivity contribution in [2.24, 2.45) is 5.73 Å². The van der Waals surface area contributed by atoms with Crippen LogP contribution in [0.2, 0.25) is 0 Å². The van der Waals surface area contributed by atoms with E-state index in [-0.39, 0.29) is 31.2 Å². The molecule has 8 nitrogen and oxygen atoms in total. The van der Waals surface area contributed by atoms with Gasteiger partial charge >= 0.3 is 0 Å². The molecule has 0 aliphatic heterocycles. The number of nitrogens with zero attached hydrogens (tertiary/aromatic N) is 1. The molecule has 108 valence electrons. The molecular formula is C12H16N4O4. The maximum absolute atomic E-state index is 11.4. The average molecular weight is 280 g/mol. The molecule has 0 aromatic heterocycles. The van der Waals surface area contributed by atoms with E-state index in [0.29, 0.717) is 12.0 Å². The molecule has 0 fully saturated rings. The molecule has 0 atom stereocenters. The van der Waals surface area contributed by atoms with Crippen LogP contribution >= 0.6 is 0 Å². The van der Waals surface area contributed by atoms with E-state index in [1.54, 1.807) is 18.2 Å². The zero-order valence-corrected chi connectivity index (χ0v) is 10.8. The Morgan fingerprint density at radius 1 is 1.20 bits per heavy atom. The van der Waals surface area contributed by atoms with Gasteiger partial charge in [-0.05, 0) is 6.42 Å². The van der Waals surface area contributed by atoms with Crippen LogP contribution in [-0.4, -0.2) is 36.4 Å². The van der Waals surface area contributed by atoms with Crippen LogP contribution < -0.4 is 16.4 Å². The number of benzene rings is 1. The number of carbonyl (C=O) groups excluding carboxylic acids is 2. The van der Waals surface area contributed by atoms with Crippen LogP contribution in [0.1, 0.15) is 5.56 Å². The van der Waals surface area contributed by atoms with Gasteiger partial charge in [-0.2, -0.15) is 0 Å². The van der Waals surface area contributed by atoms with E-state index < -0.39 is 10.8 Å². The fourth-order valence-electron chi connectivity index (χ4n) is 1.55. The Balaban J connectivity index is 2.39. The SMILES string of the molecule is NCC(=O)NCC(=O)NCCc1ccccc1[N+](=O)[O-]. The Hall–Kier alpha value is -2.48. The highest BCUT2D eigenvalue weighted by atomic mass is 16.6. The van der Waals surface area contributed by atoms with Crippen molar-refractivity contribution in [3.8, 4) is 0 Å². The Morgan fingerprint density at radius 3 is 2.55 bits per heavy atom. The first-order chi connectivity index (χ1) is 9.54. The zero-order chi connectivity index (χ0) is 15.0. The quantitative estimate of drug-likeness (QED) is 0.451. The van der Waals surface area contributed by atoms with Crippen LogP contribution in [0.4, 0.5) is 5.69 Å². The number of amides is 2. The van der Waals surface area contributed by atoms with Gasteiger partial charge in [0.2, 0.25) is 11.8 Å². The van der Waals surface area contributed by atoms with Crippen molar-refractivity contribution in [3.63, 3.8) is 0 Å². The summed E-state index contributed by atoms with van der Waals surface area (Å²) < 4.78 is 0. The van der Waals surface area contributed by atoms with Gasteiger partial charge in [-0.3, -0.25) is 19.7 Å². The Labute approximate surface area is 115 Å². The van der Waals surface area contributed by atoms with Gasteiger partial charge in [0, 0.05) is 18.2 Å².